The van der Waals surface area contributed by atoms with Crippen LogP contribution < -0.4 is 5.32 Å². The summed E-state index contributed by atoms with van der Waals surface area (Å²) >= 11 is 0. The summed E-state index contributed by atoms with van der Waals surface area (Å²) in [4.78, 5) is 0. The molecule has 1 heterocycles. The fourth-order valence-electron chi connectivity index (χ4n) is 2.72. The predicted molar refractivity (Wildman–Crippen MR) is 73.6 cm³/mol. The van der Waals surface area contributed by atoms with Crippen LogP contribution in [0.25, 0.3) is 0 Å². The molecule has 1 aromatic rings. The van der Waals surface area contributed by atoms with E-state index in [1.54, 1.807) is 0 Å². The summed E-state index contributed by atoms with van der Waals surface area (Å²) in [5.41, 5.74) is 2.92. The highest BCUT2D eigenvalue weighted by Gasteiger charge is 2.23. The van der Waals surface area contributed by atoms with Gasteiger partial charge in [-0.05, 0) is 49.1 Å². The predicted octanol–water partition coefficient (Wildman–Crippen LogP) is 3.08. The molecule has 2 atom stereocenters. The lowest BCUT2D eigenvalue weighted by molar-refractivity contribution is 0.178. The van der Waals surface area contributed by atoms with E-state index in [1.807, 2.05) is 0 Å². The van der Waals surface area contributed by atoms with E-state index in [1.165, 1.54) is 30.4 Å². The molecule has 98 valence electrons. The number of ether oxygens (including phenoxy) is 1. The third-order valence-corrected chi connectivity index (χ3v) is 4.33. The third-order valence-electron chi connectivity index (χ3n) is 4.33. The minimum absolute atomic E-state index is 0.551. The summed E-state index contributed by atoms with van der Waals surface area (Å²) in [6.07, 6.45) is 3.97. The van der Waals surface area contributed by atoms with Gasteiger partial charge < -0.3 is 10.1 Å². The monoisotopic (exact) mass is 245 g/mol. The largest absolute Gasteiger partial charge is 0.381 e. The lowest BCUT2D eigenvalue weighted by atomic mass is 10.0. The fourth-order valence-corrected chi connectivity index (χ4v) is 2.72. The average Bonchev–Trinajstić information content (AvgIpc) is 3.11. The zero-order valence-corrected chi connectivity index (χ0v) is 11.2. The van der Waals surface area contributed by atoms with Gasteiger partial charge in [-0.3, -0.25) is 0 Å². The molecule has 0 bridgehead atoms. The van der Waals surface area contributed by atoms with Gasteiger partial charge >= 0.3 is 0 Å². The normalized spacial score (nSPS) is 25.3. The molecular formula is C16H23NO. The van der Waals surface area contributed by atoms with Gasteiger partial charge in [0.1, 0.15) is 0 Å². The van der Waals surface area contributed by atoms with Crippen LogP contribution in [0, 0.1) is 5.92 Å². The Balaban J connectivity index is 1.49. The summed E-state index contributed by atoms with van der Waals surface area (Å²) in [7, 11) is 0. The first-order valence-electron chi connectivity index (χ1n) is 7.23. The topological polar surface area (TPSA) is 21.3 Å². The molecule has 1 aliphatic heterocycles. The first kappa shape index (κ1) is 12.2. The van der Waals surface area contributed by atoms with Crippen molar-refractivity contribution >= 4 is 0 Å². The maximum Gasteiger partial charge on any atom is 0.0509 e. The van der Waals surface area contributed by atoms with Crippen LogP contribution in [0.5, 0.6) is 0 Å². The summed E-state index contributed by atoms with van der Waals surface area (Å²) in [6, 6.07) is 9.71. The van der Waals surface area contributed by atoms with Crippen molar-refractivity contribution in [2.45, 2.75) is 44.7 Å². The van der Waals surface area contributed by atoms with Crippen molar-refractivity contribution in [3.8, 4) is 0 Å². The molecule has 0 radical (unpaired) electrons. The van der Waals surface area contributed by atoms with Crippen LogP contribution in [0.2, 0.25) is 0 Å². The molecule has 0 aromatic heterocycles. The number of hydrogen-bond donors (Lipinski definition) is 1. The first-order chi connectivity index (χ1) is 8.83. The van der Waals surface area contributed by atoms with Crippen molar-refractivity contribution in [1.29, 1.82) is 0 Å². The third kappa shape index (κ3) is 2.93. The molecule has 1 N–H and O–H groups in total. The second-order valence-electron chi connectivity index (χ2n) is 5.81. The molecule has 2 nitrogen and oxygen atoms in total. The van der Waals surface area contributed by atoms with E-state index in [0.29, 0.717) is 12.0 Å². The van der Waals surface area contributed by atoms with Crippen LogP contribution >= 0.6 is 0 Å². The molecule has 2 unspecified atom stereocenters. The second kappa shape index (κ2) is 5.41. The van der Waals surface area contributed by atoms with Crippen molar-refractivity contribution in [2.24, 2.45) is 5.92 Å². The Labute approximate surface area is 110 Å². The highest BCUT2D eigenvalue weighted by atomic mass is 16.5. The van der Waals surface area contributed by atoms with E-state index < -0.39 is 0 Å². The summed E-state index contributed by atoms with van der Waals surface area (Å²) in [5.74, 6) is 1.55. The van der Waals surface area contributed by atoms with E-state index in [2.05, 4.69) is 36.5 Å². The summed E-state index contributed by atoms with van der Waals surface area (Å²) < 4.78 is 5.44. The van der Waals surface area contributed by atoms with Crippen molar-refractivity contribution in [1.82, 2.24) is 5.32 Å². The van der Waals surface area contributed by atoms with Gasteiger partial charge in [0.15, 0.2) is 0 Å². The van der Waals surface area contributed by atoms with Gasteiger partial charge in [-0.15, -0.1) is 0 Å². The van der Waals surface area contributed by atoms with Gasteiger partial charge in [0.25, 0.3) is 0 Å². The van der Waals surface area contributed by atoms with Crippen LogP contribution in [0.4, 0.5) is 0 Å². The van der Waals surface area contributed by atoms with Crippen molar-refractivity contribution in [3.63, 3.8) is 0 Å². The quantitative estimate of drug-likeness (QED) is 0.860. The smallest absolute Gasteiger partial charge is 0.0509 e. The minimum atomic E-state index is 0.551. The van der Waals surface area contributed by atoms with Crippen LogP contribution in [-0.2, 0) is 11.3 Å². The fraction of sp³-hybridized carbons (Fsp3) is 0.625. The first-order valence-corrected chi connectivity index (χ1v) is 7.23. The molecule has 18 heavy (non-hydrogen) atoms. The lowest BCUT2D eigenvalue weighted by Crippen LogP contribution is -2.33. The molecule has 1 saturated carbocycles. The zero-order chi connectivity index (χ0) is 12.4. The Morgan fingerprint density at radius 2 is 2.00 bits per heavy atom. The molecule has 2 fully saturated rings. The maximum atomic E-state index is 5.44. The van der Waals surface area contributed by atoms with Crippen LogP contribution in [-0.4, -0.2) is 19.3 Å². The van der Waals surface area contributed by atoms with Crippen LogP contribution in [0.3, 0.4) is 0 Å². The SMILES string of the molecule is CC(NCc1ccc(C2CC2)cc1)C1CCOC1. The second-order valence-corrected chi connectivity index (χ2v) is 5.81. The summed E-state index contributed by atoms with van der Waals surface area (Å²) in [5, 5.41) is 3.63. The average molecular weight is 245 g/mol. The van der Waals surface area contributed by atoms with Gasteiger partial charge in [-0.1, -0.05) is 24.3 Å². The number of nitrogens with one attached hydrogen (secondary N) is 1. The Morgan fingerprint density at radius 3 is 2.61 bits per heavy atom. The van der Waals surface area contributed by atoms with E-state index in [-0.39, 0.29) is 0 Å². The Morgan fingerprint density at radius 1 is 1.22 bits per heavy atom. The summed E-state index contributed by atoms with van der Waals surface area (Å²) in [6.45, 7) is 5.11. The Hall–Kier alpha value is -0.860. The lowest BCUT2D eigenvalue weighted by Gasteiger charge is -2.19. The molecule has 3 rings (SSSR count). The zero-order valence-electron chi connectivity index (χ0n) is 11.2. The van der Waals surface area contributed by atoms with E-state index in [0.717, 1.165) is 25.7 Å². The molecule has 2 aliphatic rings. The molecule has 0 spiro atoms. The van der Waals surface area contributed by atoms with Crippen molar-refractivity contribution < 1.29 is 4.74 Å². The molecular weight excluding hydrogens is 222 g/mol. The Kier molecular flexibility index (Phi) is 3.67. The van der Waals surface area contributed by atoms with Gasteiger partial charge in [0, 0.05) is 19.2 Å². The van der Waals surface area contributed by atoms with E-state index in [4.69, 9.17) is 4.74 Å². The molecule has 2 heteroatoms. The highest BCUT2D eigenvalue weighted by molar-refractivity contribution is 5.27. The molecule has 1 saturated heterocycles. The number of benzene rings is 1. The standard InChI is InChI=1S/C16H23NO/c1-12(16-8-9-18-11-16)17-10-13-2-4-14(5-3-13)15-6-7-15/h2-5,12,15-17H,6-11H2,1H3. The van der Waals surface area contributed by atoms with Crippen molar-refractivity contribution in [2.75, 3.05) is 13.2 Å². The van der Waals surface area contributed by atoms with E-state index >= 15 is 0 Å². The van der Waals surface area contributed by atoms with Gasteiger partial charge in [-0.2, -0.15) is 0 Å². The highest BCUT2D eigenvalue weighted by Crippen LogP contribution is 2.39. The number of rotatable bonds is 5. The molecule has 1 aromatic carbocycles. The van der Waals surface area contributed by atoms with E-state index in [9.17, 15) is 0 Å². The van der Waals surface area contributed by atoms with Crippen molar-refractivity contribution in [3.05, 3.63) is 35.4 Å². The van der Waals surface area contributed by atoms with Gasteiger partial charge in [0.05, 0.1) is 6.61 Å². The Bertz CT molecular complexity index is 377. The van der Waals surface area contributed by atoms with Crippen LogP contribution in [0.1, 0.15) is 43.2 Å². The maximum absolute atomic E-state index is 5.44. The minimum Gasteiger partial charge on any atom is -0.381 e. The number of hydrogen-bond acceptors (Lipinski definition) is 2. The van der Waals surface area contributed by atoms with Crippen LogP contribution in [0.15, 0.2) is 24.3 Å². The van der Waals surface area contributed by atoms with Gasteiger partial charge in [-0.25, -0.2) is 0 Å². The van der Waals surface area contributed by atoms with Gasteiger partial charge in [0.2, 0.25) is 0 Å². The molecule has 0 amide bonds. The molecule has 1 aliphatic carbocycles.